The molecular weight excluding hydrogens is 172 g/mol. The van der Waals surface area contributed by atoms with Crippen molar-refractivity contribution >= 4 is 11.4 Å². The monoisotopic (exact) mass is 190 g/mol. The zero-order valence-corrected chi connectivity index (χ0v) is 8.88. The van der Waals surface area contributed by atoms with E-state index in [0.717, 1.165) is 24.3 Å². The van der Waals surface area contributed by atoms with Crippen LogP contribution in [-0.4, -0.2) is 6.54 Å². The second kappa shape index (κ2) is 5.32. The first-order chi connectivity index (χ1) is 6.75. The number of aryl methyl sites for hydroxylation is 1. The quantitative estimate of drug-likeness (QED) is 0.435. The van der Waals surface area contributed by atoms with Crippen LogP contribution < -0.4 is 11.1 Å². The fourth-order valence-corrected chi connectivity index (χ4v) is 1.38. The second-order valence-electron chi connectivity index (χ2n) is 3.32. The van der Waals surface area contributed by atoms with Crippen LogP contribution in [0.4, 0.5) is 11.4 Å². The van der Waals surface area contributed by atoms with Crippen LogP contribution >= 0.6 is 0 Å². The van der Waals surface area contributed by atoms with E-state index in [2.05, 4.69) is 30.5 Å². The van der Waals surface area contributed by atoms with Gasteiger partial charge in [0.1, 0.15) is 0 Å². The third-order valence-corrected chi connectivity index (χ3v) is 2.15. The molecule has 0 unspecified atom stereocenters. The van der Waals surface area contributed by atoms with Gasteiger partial charge in [0.25, 0.3) is 0 Å². The Labute approximate surface area is 85.8 Å². The van der Waals surface area contributed by atoms with Gasteiger partial charge in [-0.1, -0.05) is 24.3 Å². The van der Waals surface area contributed by atoms with E-state index in [4.69, 9.17) is 5.73 Å². The van der Waals surface area contributed by atoms with Gasteiger partial charge in [-0.25, -0.2) is 0 Å². The standard InChI is InChI=1S/C12H18N2/c1-3-4-5-9-14-12-10(2)7-6-8-11(12)13/h3-4,6-8,14H,5,9,13H2,1-2H3/b4-3+. The second-order valence-corrected chi connectivity index (χ2v) is 3.32. The molecule has 0 saturated carbocycles. The minimum absolute atomic E-state index is 0.825. The maximum absolute atomic E-state index is 5.86. The number of benzene rings is 1. The molecule has 0 aromatic heterocycles. The molecule has 0 amide bonds. The Morgan fingerprint density at radius 1 is 1.43 bits per heavy atom. The zero-order chi connectivity index (χ0) is 10.4. The normalized spacial score (nSPS) is 10.7. The largest absolute Gasteiger partial charge is 0.397 e. The summed E-state index contributed by atoms with van der Waals surface area (Å²) in [7, 11) is 0. The summed E-state index contributed by atoms with van der Waals surface area (Å²) in [5.41, 5.74) is 8.95. The summed E-state index contributed by atoms with van der Waals surface area (Å²) in [6.45, 7) is 5.02. The number of allylic oxidation sites excluding steroid dienone is 1. The highest BCUT2D eigenvalue weighted by Gasteiger charge is 1.99. The molecule has 0 fully saturated rings. The number of nitrogens with two attached hydrogens (primary N) is 1. The molecule has 0 aliphatic heterocycles. The summed E-state index contributed by atoms with van der Waals surface area (Å²) in [6, 6.07) is 5.96. The molecule has 14 heavy (non-hydrogen) atoms. The summed E-state index contributed by atoms with van der Waals surface area (Å²) in [5, 5.41) is 3.34. The van der Waals surface area contributed by atoms with Crippen LogP contribution in [-0.2, 0) is 0 Å². The first-order valence-electron chi connectivity index (χ1n) is 4.96. The molecule has 0 bridgehead atoms. The summed E-state index contributed by atoms with van der Waals surface area (Å²) < 4.78 is 0. The molecule has 0 saturated heterocycles. The van der Waals surface area contributed by atoms with Gasteiger partial charge in [0.15, 0.2) is 0 Å². The smallest absolute Gasteiger partial charge is 0.0603 e. The highest BCUT2D eigenvalue weighted by atomic mass is 14.9. The predicted molar refractivity (Wildman–Crippen MR) is 63.5 cm³/mol. The van der Waals surface area contributed by atoms with Crippen molar-refractivity contribution in [3.63, 3.8) is 0 Å². The molecule has 0 atom stereocenters. The molecule has 1 aromatic rings. The van der Waals surface area contributed by atoms with Gasteiger partial charge in [-0.05, 0) is 31.9 Å². The van der Waals surface area contributed by atoms with Gasteiger partial charge in [-0.2, -0.15) is 0 Å². The minimum Gasteiger partial charge on any atom is -0.397 e. The van der Waals surface area contributed by atoms with Gasteiger partial charge in [-0.3, -0.25) is 0 Å². The molecule has 0 aliphatic carbocycles. The lowest BCUT2D eigenvalue weighted by atomic mass is 10.1. The van der Waals surface area contributed by atoms with E-state index in [-0.39, 0.29) is 0 Å². The van der Waals surface area contributed by atoms with Crippen LogP contribution in [0.2, 0.25) is 0 Å². The first kappa shape index (κ1) is 10.6. The van der Waals surface area contributed by atoms with Crippen molar-refractivity contribution in [2.24, 2.45) is 0 Å². The van der Waals surface area contributed by atoms with Crippen molar-refractivity contribution in [2.75, 3.05) is 17.6 Å². The molecule has 76 valence electrons. The third-order valence-electron chi connectivity index (χ3n) is 2.15. The molecule has 3 N–H and O–H groups in total. The minimum atomic E-state index is 0.825. The molecule has 0 radical (unpaired) electrons. The Kier molecular flexibility index (Phi) is 4.05. The molecule has 1 aromatic carbocycles. The van der Waals surface area contributed by atoms with Crippen LogP contribution in [0, 0.1) is 6.92 Å². The number of nitrogens with one attached hydrogen (secondary N) is 1. The Morgan fingerprint density at radius 2 is 2.21 bits per heavy atom. The molecule has 0 aliphatic rings. The van der Waals surface area contributed by atoms with Crippen molar-refractivity contribution in [1.82, 2.24) is 0 Å². The van der Waals surface area contributed by atoms with E-state index in [1.54, 1.807) is 0 Å². The van der Waals surface area contributed by atoms with E-state index < -0.39 is 0 Å². The van der Waals surface area contributed by atoms with E-state index in [1.165, 1.54) is 5.56 Å². The average Bonchev–Trinajstić information content (AvgIpc) is 2.16. The summed E-state index contributed by atoms with van der Waals surface area (Å²) in [6.07, 6.45) is 5.23. The lowest BCUT2D eigenvalue weighted by Gasteiger charge is -2.10. The van der Waals surface area contributed by atoms with Crippen LogP contribution in [0.25, 0.3) is 0 Å². The SMILES string of the molecule is C/C=C/CCNc1c(C)cccc1N. The van der Waals surface area contributed by atoms with E-state index in [9.17, 15) is 0 Å². The third kappa shape index (κ3) is 2.80. The average molecular weight is 190 g/mol. The van der Waals surface area contributed by atoms with Crippen LogP contribution in [0.3, 0.4) is 0 Å². The Bertz CT molecular complexity index is 296. The summed E-state index contributed by atoms with van der Waals surface area (Å²) in [4.78, 5) is 0. The van der Waals surface area contributed by atoms with Crippen molar-refractivity contribution in [3.8, 4) is 0 Å². The van der Waals surface area contributed by atoms with Crippen LogP contribution in [0.15, 0.2) is 30.4 Å². The maximum Gasteiger partial charge on any atom is 0.0603 e. The van der Waals surface area contributed by atoms with Gasteiger partial charge in [-0.15, -0.1) is 0 Å². The Hall–Kier alpha value is -1.44. The van der Waals surface area contributed by atoms with Gasteiger partial charge in [0.05, 0.1) is 11.4 Å². The number of para-hydroxylation sites is 1. The van der Waals surface area contributed by atoms with Crippen LogP contribution in [0.5, 0.6) is 0 Å². The molecule has 0 heterocycles. The van der Waals surface area contributed by atoms with E-state index in [0.29, 0.717) is 0 Å². The Balaban J connectivity index is 2.57. The van der Waals surface area contributed by atoms with E-state index >= 15 is 0 Å². The van der Waals surface area contributed by atoms with Crippen molar-refractivity contribution in [2.45, 2.75) is 20.3 Å². The fraction of sp³-hybridized carbons (Fsp3) is 0.333. The van der Waals surface area contributed by atoms with Crippen molar-refractivity contribution in [1.29, 1.82) is 0 Å². The fourth-order valence-electron chi connectivity index (χ4n) is 1.38. The van der Waals surface area contributed by atoms with Crippen molar-refractivity contribution < 1.29 is 0 Å². The molecular formula is C12H18N2. The first-order valence-corrected chi connectivity index (χ1v) is 4.96. The predicted octanol–water partition coefficient (Wildman–Crippen LogP) is 2.96. The molecule has 2 nitrogen and oxygen atoms in total. The summed E-state index contributed by atoms with van der Waals surface area (Å²) in [5.74, 6) is 0. The highest BCUT2D eigenvalue weighted by Crippen LogP contribution is 2.22. The van der Waals surface area contributed by atoms with Gasteiger partial charge in [0.2, 0.25) is 0 Å². The number of hydrogen-bond donors (Lipinski definition) is 2. The highest BCUT2D eigenvalue weighted by molar-refractivity contribution is 5.69. The Morgan fingerprint density at radius 3 is 2.86 bits per heavy atom. The number of rotatable bonds is 4. The molecule has 0 spiro atoms. The summed E-state index contributed by atoms with van der Waals surface area (Å²) >= 11 is 0. The van der Waals surface area contributed by atoms with Crippen LogP contribution in [0.1, 0.15) is 18.9 Å². The van der Waals surface area contributed by atoms with Crippen molar-refractivity contribution in [3.05, 3.63) is 35.9 Å². The number of nitrogen functional groups attached to an aromatic ring is 1. The van der Waals surface area contributed by atoms with Gasteiger partial charge in [0, 0.05) is 6.54 Å². The maximum atomic E-state index is 5.86. The van der Waals surface area contributed by atoms with Gasteiger partial charge < -0.3 is 11.1 Å². The lowest BCUT2D eigenvalue weighted by Crippen LogP contribution is -2.04. The topological polar surface area (TPSA) is 38.0 Å². The van der Waals surface area contributed by atoms with Gasteiger partial charge >= 0.3 is 0 Å². The zero-order valence-electron chi connectivity index (χ0n) is 8.88. The molecule has 1 rings (SSSR count). The number of hydrogen-bond acceptors (Lipinski definition) is 2. The molecule has 2 heteroatoms. The van der Waals surface area contributed by atoms with E-state index in [1.807, 2.05) is 19.1 Å². The lowest BCUT2D eigenvalue weighted by molar-refractivity contribution is 1.06. The number of anilines is 2.